The second-order valence-electron chi connectivity index (χ2n) is 11.3. The first kappa shape index (κ1) is 25.2. The van der Waals surface area contributed by atoms with Crippen molar-refractivity contribution >= 4 is 27.8 Å². The molecular weight excluding hydrogens is 464 g/mol. The Bertz CT molecular complexity index is 1510. The standard InChI is InChI=1S/C31H34N2O4/c1-17(2)15-20-7-8-21-23(33-20)16-18(3)25(29(30(34)35)37-31(4,5)6)27(21)22-9-10-24-26-19(12-14-36-24)11-13-32-28(22)26/h7-11,13,16-17,29H,12,14-15H2,1-6H3,(H,34,35). The smallest absolute Gasteiger partial charge is 0.337 e. The summed E-state index contributed by atoms with van der Waals surface area (Å²) in [5, 5.41) is 12.2. The molecule has 1 aliphatic heterocycles. The first-order chi connectivity index (χ1) is 17.5. The van der Waals surface area contributed by atoms with E-state index >= 15 is 0 Å². The molecule has 2 aromatic heterocycles. The number of nitrogens with zero attached hydrogens (tertiary/aromatic N) is 2. The average Bonchev–Trinajstić information content (AvgIpc) is 2.82. The van der Waals surface area contributed by atoms with Gasteiger partial charge in [-0.15, -0.1) is 0 Å². The van der Waals surface area contributed by atoms with Crippen molar-refractivity contribution in [2.75, 3.05) is 6.61 Å². The number of pyridine rings is 2. The van der Waals surface area contributed by atoms with Crippen molar-refractivity contribution in [3.05, 3.63) is 65.0 Å². The number of rotatable bonds is 6. The fraction of sp³-hybridized carbons (Fsp3) is 0.387. The summed E-state index contributed by atoms with van der Waals surface area (Å²) in [7, 11) is 0. The number of benzene rings is 2. The van der Waals surface area contributed by atoms with Gasteiger partial charge in [0.25, 0.3) is 0 Å². The van der Waals surface area contributed by atoms with Crippen molar-refractivity contribution < 1.29 is 19.4 Å². The Morgan fingerprint density at radius 2 is 1.95 bits per heavy atom. The normalized spacial score (nSPS) is 14.2. The third-order valence-electron chi connectivity index (χ3n) is 6.71. The summed E-state index contributed by atoms with van der Waals surface area (Å²) in [5.41, 5.74) is 6.30. The van der Waals surface area contributed by atoms with Crippen molar-refractivity contribution in [1.29, 1.82) is 0 Å². The molecular formula is C31H34N2O4. The lowest BCUT2D eigenvalue weighted by molar-refractivity contribution is -0.160. The van der Waals surface area contributed by atoms with Gasteiger partial charge in [0, 0.05) is 40.2 Å². The van der Waals surface area contributed by atoms with E-state index in [1.54, 1.807) is 0 Å². The number of carboxylic acids is 1. The van der Waals surface area contributed by atoms with Gasteiger partial charge in [0.05, 0.1) is 23.2 Å². The van der Waals surface area contributed by atoms with E-state index in [0.717, 1.165) is 62.8 Å². The summed E-state index contributed by atoms with van der Waals surface area (Å²) < 4.78 is 12.1. The van der Waals surface area contributed by atoms with Crippen molar-refractivity contribution in [3.8, 4) is 16.9 Å². The minimum absolute atomic E-state index is 0.478. The summed E-state index contributed by atoms with van der Waals surface area (Å²) >= 11 is 0. The molecule has 6 heteroatoms. The number of aryl methyl sites for hydroxylation is 1. The van der Waals surface area contributed by atoms with Crippen molar-refractivity contribution in [1.82, 2.24) is 9.97 Å². The maximum atomic E-state index is 12.7. The fourth-order valence-corrected chi connectivity index (χ4v) is 5.31. The fourth-order valence-electron chi connectivity index (χ4n) is 5.31. The number of aliphatic carboxylic acids is 1. The van der Waals surface area contributed by atoms with Crippen LogP contribution in [0.2, 0.25) is 0 Å². The summed E-state index contributed by atoms with van der Waals surface area (Å²) in [6.07, 6.45) is 2.35. The van der Waals surface area contributed by atoms with Gasteiger partial charge in [-0.1, -0.05) is 19.9 Å². The first-order valence-electron chi connectivity index (χ1n) is 12.9. The SMILES string of the molecule is Cc1cc2nc(CC(C)C)ccc2c(-c2ccc3c4c(ccnc24)CCO3)c1C(OC(C)(C)C)C(=O)O. The van der Waals surface area contributed by atoms with Crippen LogP contribution < -0.4 is 4.74 Å². The maximum absolute atomic E-state index is 12.7. The van der Waals surface area contributed by atoms with Crippen LogP contribution in [0.1, 0.15) is 63.1 Å². The van der Waals surface area contributed by atoms with Crippen molar-refractivity contribution in [2.45, 2.75) is 66.1 Å². The van der Waals surface area contributed by atoms with E-state index in [-0.39, 0.29) is 0 Å². The molecule has 1 atom stereocenters. The van der Waals surface area contributed by atoms with Gasteiger partial charge >= 0.3 is 5.97 Å². The van der Waals surface area contributed by atoms with Crippen molar-refractivity contribution in [2.24, 2.45) is 5.92 Å². The van der Waals surface area contributed by atoms with Gasteiger partial charge in [-0.3, -0.25) is 9.97 Å². The van der Waals surface area contributed by atoms with Crippen LogP contribution in [0.15, 0.2) is 42.6 Å². The number of ether oxygens (including phenoxy) is 2. The molecule has 6 nitrogen and oxygen atoms in total. The summed E-state index contributed by atoms with van der Waals surface area (Å²) in [6.45, 7) is 12.6. The van der Waals surface area contributed by atoms with Gasteiger partial charge in [0.2, 0.25) is 0 Å². The quantitative estimate of drug-likeness (QED) is 0.314. The molecule has 192 valence electrons. The van der Waals surface area contributed by atoms with E-state index in [4.69, 9.17) is 19.4 Å². The monoisotopic (exact) mass is 498 g/mol. The van der Waals surface area contributed by atoms with Gasteiger partial charge in [0.1, 0.15) is 5.75 Å². The number of carboxylic acid groups (broad SMARTS) is 1. The lowest BCUT2D eigenvalue weighted by atomic mass is 9.86. The minimum Gasteiger partial charge on any atom is -0.493 e. The van der Waals surface area contributed by atoms with Gasteiger partial charge in [-0.25, -0.2) is 4.79 Å². The lowest BCUT2D eigenvalue weighted by Gasteiger charge is -2.29. The number of hydrogen-bond donors (Lipinski definition) is 1. The predicted octanol–water partition coefficient (Wildman–Crippen LogP) is 6.83. The molecule has 0 aliphatic carbocycles. The molecule has 2 aromatic carbocycles. The highest BCUT2D eigenvalue weighted by molar-refractivity contribution is 6.08. The molecule has 1 N–H and O–H groups in total. The molecule has 5 rings (SSSR count). The second-order valence-corrected chi connectivity index (χ2v) is 11.3. The molecule has 0 saturated heterocycles. The van der Waals surface area contributed by atoms with Crippen molar-refractivity contribution in [3.63, 3.8) is 0 Å². The molecule has 0 bridgehead atoms. The molecule has 1 aliphatic rings. The zero-order chi connectivity index (χ0) is 26.5. The van der Waals surface area contributed by atoms with Crippen LogP contribution in [0, 0.1) is 12.8 Å². The molecule has 0 radical (unpaired) electrons. The predicted molar refractivity (Wildman–Crippen MR) is 146 cm³/mol. The van der Waals surface area contributed by atoms with E-state index in [2.05, 4.69) is 19.9 Å². The van der Waals surface area contributed by atoms with Crippen LogP contribution in [0.3, 0.4) is 0 Å². The molecule has 1 unspecified atom stereocenters. The first-order valence-corrected chi connectivity index (χ1v) is 12.9. The third kappa shape index (κ3) is 4.78. The van der Waals surface area contributed by atoms with Crippen LogP contribution in [0.5, 0.6) is 5.75 Å². The maximum Gasteiger partial charge on any atom is 0.337 e. The number of fused-ring (bicyclic) bond motifs is 1. The molecule has 3 heterocycles. The Morgan fingerprint density at radius 1 is 1.16 bits per heavy atom. The highest BCUT2D eigenvalue weighted by Gasteiger charge is 2.32. The van der Waals surface area contributed by atoms with E-state index in [9.17, 15) is 9.90 Å². The van der Waals surface area contributed by atoms with Crippen LogP contribution in [-0.4, -0.2) is 33.3 Å². The zero-order valence-corrected chi connectivity index (χ0v) is 22.4. The number of hydrogen-bond acceptors (Lipinski definition) is 5. The zero-order valence-electron chi connectivity index (χ0n) is 22.4. The highest BCUT2D eigenvalue weighted by Crippen LogP contribution is 2.44. The average molecular weight is 499 g/mol. The van der Waals surface area contributed by atoms with Gasteiger partial charge in [0.15, 0.2) is 6.10 Å². The topological polar surface area (TPSA) is 81.5 Å². The number of carbonyl (C=O) groups is 1. The highest BCUT2D eigenvalue weighted by atomic mass is 16.5. The van der Waals surface area contributed by atoms with E-state index < -0.39 is 17.7 Å². The third-order valence-corrected chi connectivity index (χ3v) is 6.71. The lowest BCUT2D eigenvalue weighted by Crippen LogP contribution is -2.28. The van der Waals surface area contributed by atoms with Gasteiger partial charge < -0.3 is 14.6 Å². The minimum atomic E-state index is -1.16. The Balaban J connectivity index is 1.88. The van der Waals surface area contributed by atoms with E-state index in [1.807, 2.05) is 64.2 Å². The summed E-state index contributed by atoms with van der Waals surface area (Å²) in [4.78, 5) is 22.5. The summed E-state index contributed by atoms with van der Waals surface area (Å²) in [5.74, 6) is 0.262. The number of aromatic nitrogens is 2. The molecule has 0 fully saturated rings. The van der Waals surface area contributed by atoms with Crippen LogP contribution in [-0.2, 0) is 22.4 Å². The molecule has 37 heavy (non-hydrogen) atoms. The van der Waals surface area contributed by atoms with Crippen LogP contribution in [0.25, 0.3) is 32.9 Å². The Kier molecular flexibility index (Phi) is 6.40. The van der Waals surface area contributed by atoms with E-state index in [1.165, 1.54) is 5.56 Å². The Morgan fingerprint density at radius 3 is 2.65 bits per heavy atom. The largest absolute Gasteiger partial charge is 0.493 e. The molecule has 0 amide bonds. The van der Waals surface area contributed by atoms with E-state index in [0.29, 0.717) is 18.1 Å². The molecule has 0 spiro atoms. The molecule has 0 saturated carbocycles. The van der Waals surface area contributed by atoms with Crippen LogP contribution >= 0.6 is 0 Å². The summed E-state index contributed by atoms with van der Waals surface area (Å²) in [6, 6.07) is 12.1. The van der Waals surface area contributed by atoms with Gasteiger partial charge in [-0.05, 0) is 87.1 Å². The molecule has 4 aromatic rings. The Labute approximate surface area is 217 Å². The van der Waals surface area contributed by atoms with Gasteiger partial charge in [-0.2, -0.15) is 0 Å². The Hall–Kier alpha value is -3.51. The second kappa shape index (κ2) is 9.42. The van der Waals surface area contributed by atoms with Crippen LogP contribution in [0.4, 0.5) is 0 Å².